The molecule has 0 fully saturated rings. The zero-order valence-electron chi connectivity index (χ0n) is 19.8. The fraction of sp³-hybridized carbons (Fsp3) is 0.385. The van der Waals surface area contributed by atoms with Crippen LogP contribution < -0.4 is 4.90 Å². The molecule has 0 bridgehead atoms. The van der Waals surface area contributed by atoms with Crippen molar-refractivity contribution in [1.29, 1.82) is 0 Å². The first-order valence-electron chi connectivity index (χ1n) is 11.1. The number of carbonyl (C=O) groups is 2. The quantitative estimate of drug-likeness (QED) is 0.552. The van der Waals surface area contributed by atoms with Crippen LogP contribution in [0.3, 0.4) is 0 Å². The second kappa shape index (κ2) is 10.4. The van der Waals surface area contributed by atoms with Crippen LogP contribution in [0, 0.1) is 0 Å². The van der Waals surface area contributed by atoms with Gasteiger partial charge in [-0.05, 0) is 49.6 Å². The molecule has 170 valence electrons. The van der Waals surface area contributed by atoms with Crippen LogP contribution in [0.15, 0.2) is 54.7 Å². The standard InChI is InChI=1S/C26H34N4O2/c1-19(2)30(20(3)31)18-26(32)29(17-21-10-12-23(13-11-21)28(4)5)15-14-22-16-27-25-9-7-6-8-24(22)25/h6-13,16,19,27H,14-15,17-18H2,1-5H3. The van der Waals surface area contributed by atoms with Gasteiger partial charge in [0.1, 0.15) is 0 Å². The third-order valence-electron chi connectivity index (χ3n) is 5.84. The molecule has 0 radical (unpaired) electrons. The highest BCUT2D eigenvalue weighted by atomic mass is 16.2. The minimum atomic E-state index is -0.0831. The van der Waals surface area contributed by atoms with Gasteiger partial charge in [-0.2, -0.15) is 0 Å². The molecule has 1 N–H and O–H groups in total. The molecule has 0 unspecified atom stereocenters. The summed E-state index contributed by atoms with van der Waals surface area (Å²) >= 11 is 0. The van der Waals surface area contributed by atoms with Crippen LogP contribution in [-0.2, 0) is 22.6 Å². The van der Waals surface area contributed by atoms with E-state index in [0.717, 1.165) is 23.2 Å². The van der Waals surface area contributed by atoms with Crippen LogP contribution in [0.1, 0.15) is 31.9 Å². The number of carbonyl (C=O) groups excluding carboxylic acids is 2. The highest BCUT2D eigenvalue weighted by Crippen LogP contribution is 2.19. The maximum Gasteiger partial charge on any atom is 0.242 e. The molecule has 0 aliphatic heterocycles. The van der Waals surface area contributed by atoms with E-state index in [0.29, 0.717) is 13.1 Å². The monoisotopic (exact) mass is 434 g/mol. The predicted molar refractivity (Wildman–Crippen MR) is 131 cm³/mol. The molecule has 3 rings (SSSR count). The summed E-state index contributed by atoms with van der Waals surface area (Å²) in [5.74, 6) is -0.120. The van der Waals surface area contributed by atoms with Gasteiger partial charge in [0.25, 0.3) is 0 Å². The first-order valence-corrected chi connectivity index (χ1v) is 11.1. The molecule has 0 spiro atoms. The number of amides is 2. The van der Waals surface area contributed by atoms with E-state index in [9.17, 15) is 9.59 Å². The van der Waals surface area contributed by atoms with Gasteiger partial charge in [0.2, 0.25) is 11.8 Å². The Kier molecular flexibility index (Phi) is 7.57. The minimum absolute atomic E-state index is 0.0220. The lowest BCUT2D eigenvalue weighted by Gasteiger charge is -2.29. The molecule has 6 heteroatoms. The molecule has 32 heavy (non-hydrogen) atoms. The van der Waals surface area contributed by atoms with E-state index in [1.165, 1.54) is 17.9 Å². The van der Waals surface area contributed by atoms with Gasteiger partial charge in [-0.25, -0.2) is 0 Å². The molecule has 0 saturated heterocycles. The van der Waals surface area contributed by atoms with E-state index < -0.39 is 0 Å². The largest absolute Gasteiger partial charge is 0.378 e. The predicted octanol–water partition coefficient (Wildman–Crippen LogP) is 4.06. The molecule has 2 amide bonds. The van der Waals surface area contributed by atoms with Crippen molar-refractivity contribution in [1.82, 2.24) is 14.8 Å². The Labute approximate surface area is 190 Å². The number of H-pyrrole nitrogens is 1. The fourth-order valence-electron chi connectivity index (χ4n) is 3.91. The zero-order valence-corrected chi connectivity index (χ0v) is 19.8. The van der Waals surface area contributed by atoms with Crippen molar-refractivity contribution in [2.75, 3.05) is 32.1 Å². The lowest BCUT2D eigenvalue weighted by Crippen LogP contribution is -2.45. The number of benzene rings is 2. The van der Waals surface area contributed by atoms with Gasteiger partial charge >= 0.3 is 0 Å². The number of anilines is 1. The van der Waals surface area contributed by atoms with Crippen LogP contribution in [0.2, 0.25) is 0 Å². The number of hydrogen-bond acceptors (Lipinski definition) is 3. The van der Waals surface area contributed by atoms with Gasteiger partial charge in [-0.3, -0.25) is 9.59 Å². The number of hydrogen-bond donors (Lipinski definition) is 1. The third-order valence-corrected chi connectivity index (χ3v) is 5.84. The van der Waals surface area contributed by atoms with Gasteiger partial charge in [0.15, 0.2) is 0 Å². The average Bonchev–Trinajstić information content (AvgIpc) is 3.17. The minimum Gasteiger partial charge on any atom is -0.378 e. The highest BCUT2D eigenvalue weighted by molar-refractivity contribution is 5.85. The number of para-hydroxylation sites is 1. The maximum atomic E-state index is 13.3. The van der Waals surface area contributed by atoms with E-state index >= 15 is 0 Å². The van der Waals surface area contributed by atoms with Crippen LogP contribution in [0.25, 0.3) is 10.9 Å². The molecule has 2 aromatic carbocycles. The summed E-state index contributed by atoms with van der Waals surface area (Å²) in [4.78, 5) is 34.2. The second-order valence-electron chi connectivity index (χ2n) is 8.73. The molecular weight excluding hydrogens is 400 g/mol. The molecular formula is C26H34N4O2. The summed E-state index contributed by atoms with van der Waals surface area (Å²) in [6.45, 7) is 6.58. The average molecular weight is 435 g/mol. The van der Waals surface area contributed by atoms with Gasteiger partial charge in [-0.15, -0.1) is 0 Å². The number of fused-ring (bicyclic) bond motifs is 1. The van der Waals surface area contributed by atoms with Crippen molar-refractivity contribution in [3.8, 4) is 0 Å². The van der Waals surface area contributed by atoms with Crippen molar-refractivity contribution < 1.29 is 9.59 Å². The molecule has 3 aromatic rings. The van der Waals surface area contributed by atoms with Crippen molar-refractivity contribution in [3.05, 3.63) is 65.9 Å². The highest BCUT2D eigenvalue weighted by Gasteiger charge is 2.22. The van der Waals surface area contributed by atoms with Crippen LogP contribution >= 0.6 is 0 Å². The van der Waals surface area contributed by atoms with E-state index in [4.69, 9.17) is 0 Å². The SMILES string of the molecule is CC(=O)N(CC(=O)N(CCc1c[nH]c2ccccc12)Cc1ccc(N(C)C)cc1)C(C)C. The number of rotatable bonds is 9. The Morgan fingerprint density at radius 2 is 1.69 bits per heavy atom. The number of nitrogens with zero attached hydrogens (tertiary/aromatic N) is 3. The van der Waals surface area contributed by atoms with Crippen molar-refractivity contribution >= 4 is 28.4 Å². The molecule has 0 saturated carbocycles. The lowest BCUT2D eigenvalue weighted by atomic mass is 10.1. The molecule has 0 aliphatic rings. The Bertz CT molecular complexity index is 1050. The zero-order chi connectivity index (χ0) is 23.3. The topological polar surface area (TPSA) is 59.7 Å². The maximum absolute atomic E-state index is 13.3. The third kappa shape index (κ3) is 5.69. The van der Waals surface area contributed by atoms with Crippen LogP contribution in [0.4, 0.5) is 5.69 Å². The Balaban J connectivity index is 1.79. The Morgan fingerprint density at radius 1 is 1.00 bits per heavy atom. The summed E-state index contributed by atoms with van der Waals surface area (Å²) in [7, 11) is 4.02. The molecule has 0 atom stereocenters. The fourth-order valence-corrected chi connectivity index (χ4v) is 3.91. The second-order valence-corrected chi connectivity index (χ2v) is 8.73. The smallest absolute Gasteiger partial charge is 0.242 e. The van der Waals surface area contributed by atoms with Gasteiger partial charge < -0.3 is 19.7 Å². The van der Waals surface area contributed by atoms with Crippen LogP contribution in [0.5, 0.6) is 0 Å². The molecule has 6 nitrogen and oxygen atoms in total. The molecule has 1 aromatic heterocycles. The number of nitrogens with one attached hydrogen (secondary N) is 1. The van der Waals surface area contributed by atoms with Crippen molar-refractivity contribution in [2.24, 2.45) is 0 Å². The van der Waals surface area contributed by atoms with E-state index in [1.54, 1.807) is 4.90 Å². The van der Waals surface area contributed by atoms with Crippen LogP contribution in [-0.4, -0.2) is 59.8 Å². The molecule has 1 heterocycles. The van der Waals surface area contributed by atoms with Crippen molar-refractivity contribution in [2.45, 2.75) is 39.8 Å². The summed E-state index contributed by atoms with van der Waals surface area (Å²) in [5.41, 5.74) is 4.48. The Hall–Kier alpha value is -3.28. The Morgan fingerprint density at radius 3 is 2.31 bits per heavy atom. The summed E-state index contributed by atoms with van der Waals surface area (Å²) in [5, 5.41) is 1.18. The van der Waals surface area contributed by atoms with Gasteiger partial charge in [-0.1, -0.05) is 30.3 Å². The summed E-state index contributed by atoms with van der Waals surface area (Å²) in [6.07, 6.45) is 2.77. The first-order chi connectivity index (χ1) is 15.3. The normalized spacial score (nSPS) is 11.1. The van der Waals surface area contributed by atoms with E-state index in [1.807, 2.05) is 51.2 Å². The van der Waals surface area contributed by atoms with E-state index in [2.05, 4.69) is 46.3 Å². The van der Waals surface area contributed by atoms with Crippen molar-refractivity contribution in [3.63, 3.8) is 0 Å². The van der Waals surface area contributed by atoms with Gasteiger partial charge in [0.05, 0.1) is 6.54 Å². The van der Waals surface area contributed by atoms with E-state index in [-0.39, 0.29) is 24.4 Å². The summed E-state index contributed by atoms with van der Waals surface area (Å²) in [6, 6.07) is 16.4. The molecule has 0 aliphatic carbocycles. The first kappa shape index (κ1) is 23.4. The number of aromatic amines is 1. The summed E-state index contributed by atoms with van der Waals surface area (Å²) < 4.78 is 0. The number of aromatic nitrogens is 1. The lowest BCUT2D eigenvalue weighted by molar-refractivity contribution is -0.141. The van der Waals surface area contributed by atoms with Gasteiger partial charge in [0, 0.05) is 62.9 Å².